The molecule has 7 fully saturated rings. The molecule has 0 unspecified atom stereocenters. The zero-order valence-corrected chi connectivity index (χ0v) is 14.0. The Kier molecular flexibility index (Phi) is 5.87. The van der Waals surface area contributed by atoms with Crippen LogP contribution in [0.5, 0.6) is 0 Å². The molecule has 0 aromatic carbocycles. The molecular formula is C17H36N2O2. The first-order valence-electron chi connectivity index (χ1n) is 8.24. The van der Waals surface area contributed by atoms with Crippen LogP contribution in [-0.2, 0) is 0 Å². The summed E-state index contributed by atoms with van der Waals surface area (Å²) in [4.78, 5) is 2.00. The minimum absolute atomic E-state index is 0. The minimum Gasteiger partial charge on any atom is -0.412 e. The van der Waals surface area contributed by atoms with Crippen molar-refractivity contribution in [3.05, 3.63) is 0 Å². The van der Waals surface area contributed by atoms with Gasteiger partial charge in [-0.1, -0.05) is 0 Å². The third-order valence-electron chi connectivity index (χ3n) is 6.93. The van der Waals surface area contributed by atoms with E-state index in [1.165, 1.54) is 47.3 Å². The molecule has 0 aromatic rings. The zero-order valence-electron chi connectivity index (χ0n) is 14.0. The van der Waals surface area contributed by atoms with Gasteiger partial charge in [0.2, 0.25) is 0 Å². The van der Waals surface area contributed by atoms with Crippen LogP contribution in [0.25, 0.3) is 0 Å². The molecule has 7 aliphatic rings. The van der Waals surface area contributed by atoms with Gasteiger partial charge < -0.3 is 22.0 Å². The normalized spacial score (nSPS) is 49.7. The Bertz CT molecular complexity index is 257. The summed E-state index contributed by atoms with van der Waals surface area (Å²) in [5, 5.41) is 0. The van der Waals surface area contributed by atoms with Crippen molar-refractivity contribution in [2.75, 3.05) is 21.1 Å². The Morgan fingerprint density at radius 3 is 0.810 bits per heavy atom. The van der Waals surface area contributed by atoms with Crippen LogP contribution in [0.2, 0.25) is 0 Å². The standard InChI is InChI=1S/C14H20.C3H9N.H3N.2H2O/c1-7-2-12-10-4-8-5-11(9(1)10)13(3-7)14(12)6-8;1-4(2)3;;;/h7-14H,1-6H2;1-3H3;1H3;2*1H2. The lowest BCUT2D eigenvalue weighted by atomic mass is 9.36. The predicted octanol–water partition coefficient (Wildman–Crippen LogP) is 2.02. The van der Waals surface area contributed by atoms with Crippen LogP contribution in [0.1, 0.15) is 38.5 Å². The highest BCUT2D eigenvalue weighted by atomic mass is 16.0. The first-order chi connectivity index (χ1) is 8.63. The van der Waals surface area contributed by atoms with E-state index in [1.54, 1.807) is 38.5 Å². The van der Waals surface area contributed by atoms with Crippen molar-refractivity contribution in [3.8, 4) is 0 Å². The number of nitrogens with zero attached hydrogens (tertiary/aromatic N) is 1. The van der Waals surface area contributed by atoms with E-state index in [2.05, 4.69) is 0 Å². The van der Waals surface area contributed by atoms with E-state index in [-0.39, 0.29) is 17.1 Å². The molecule has 0 saturated heterocycles. The third-order valence-corrected chi connectivity index (χ3v) is 6.93. The summed E-state index contributed by atoms with van der Waals surface area (Å²) in [6.07, 6.45) is 9.93. The lowest BCUT2D eigenvalue weighted by Crippen LogP contribution is -2.62. The van der Waals surface area contributed by atoms with Crippen LogP contribution in [0.15, 0.2) is 0 Å². The largest absolute Gasteiger partial charge is 0.412 e. The van der Waals surface area contributed by atoms with Crippen molar-refractivity contribution in [2.45, 2.75) is 38.5 Å². The van der Waals surface area contributed by atoms with E-state index in [0.29, 0.717) is 0 Å². The molecule has 0 spiro atoms. The highest BCUT2D eigenvalue weighted by Crippen LogP contribution is 2.71. The van der Waals surface area contributed by atoms with Crippen molar-refractivity contribution in [2.24, 2.45) is 47.3 Å². The second kappa shape index (κ2) is 6.53. The van der Waals surface area contributed by atoms with Crippen molar-refractivity contribution >= 4 is 0 Å². The number of hydrogen-bond acceptors (Lipinski definition) is 2. The van der Waals surface area contributed by atoms with Gasteiger partial charge in [0, 0.05) is 0 Å². The molecule has 7 aliphatic carbocycles. The molecule has 0 aromatic heterocycles. The number of rotatable bonds is 0. The summed E-state index contributed by atoms with van der Waals surface area (Å²) in [6.45, 7) is 0. The lowest BCUT2D eigenvalue weighted by molar-refractivity contribution is -0.202. The van der Waals surface area contributed by atoms with Crippen LogP contribution in [0.3, 0.4) is 0 Å². The maximum atomic E-state index is 2.00. The summed E-state index contributed by atoms with van der Waals surface area (Å²) >= 11 is 0. The average molecular weight is 300 g/mol. The molecule has 7 N–H and O–H groups in total. The Balaban J connectivity index is 0.000000289. The van der Waals surface area contributed by atoms with Gasteiger partial charge in [0.1, 0.15) is 0 Å². The molecule has 7 rings (SSSR count). The maximum absolute atomic E-state index is 2.00. The molecule has 0 aliphatic heterocycles. The van der Waals surface area contributed by atoms with E-state index in [4.69, 9.17) is 0 Å². The molecule has 7 saturated carbocycles. The van der Waals surface area contributed by atoms with E-state index < -0.39 is 0 Å². The lowest BCUT2D eigenvalue weighted by Gasteiger charge is -2.69. The second-order valence-electron chi connectivity index (χ2n) is 8.47. The monoisotopic (exact) mass is 300 g/mol. The van der Waals surface area contributed by atoms with Gasteiger partial charge in [-0.15, -0.1) is 0 Å². The molecule has 8 bridgehead atoms. The summed E-state index contributed by atoms with van der Waals surface area (Å²) in [7, 11) is 6.00. The third kappa shape index (κ3) is 2.76. The van der Waals surface area contributed by atoms with Crippen LogP contribution in [-0.4, -0.2) is 37.0 Å². The molecule has 0 heterocycles. The second-order valence-corrected chi connectivity index (χ2v) is 8.47. The van der Waals surface area contributed by atoms with Crippen molar-refractivity contribution in [1.82, 2.24) is 11.1 Å². The van der Waals surface area contributed by atoms with Crippen LogP contribution >= 0.6 is 0 Å². The Morgan fingerprint density at radius 1 is 0.524 bits per heavy atom. The van der Waals surface area contributed by atoms with Gasteiger partial charge in [-0.3, -0.25) is 0 Å². The Labute approximate surface area is 129 Å². The van der Waals surface area contributed by atoms with Crippen molar-refractivity contribution in [3.63, 3.8) is 0 Å². The van der Waals surface area contributed by atoms with Gasteiger partial charge >= 0.3 is 0 Å². The van der Waals surface area contributed by atoms with E-state index in [9.17, 15) is 0 Å². The molecule has 0 atom stereocenters. The molecule has 4 heteroatoms. The minimum atomic E-state index is 0. The molecular weight excluding hydrogens is 264 g/mol. The quantitative estimate of drug-likeness (QED) is 0.739. The summed E-state index contributed by atoms with van der Waals surface area (Å²) < 4.78 is 0. The smallest absolute Gasteiger partial charge is 0.0140 e. The summed E-state index contributed by atoms with van der Waals surface area (Å²) in [6, 6.07) is 0. The summed E-state index contributed by atoms with van der Waals surface area (Å²) in [5.74, 6) is 9.74. The molecule has 21 heavy (non-hydrogen) atoms. The van der Waals surface area contributed by atoms with E-state index >= 15 is 0 Å². The van der Waals surface area contributed by atoms with Crippen LogP contribution < -0.4 is 6.15 Å². The van der Waals surface area contributed by atoms with Crippen LogP contribution in [0, 0.1) is 47.3 Å². The molecule has 0 amide bonds. The Hall–Kier alpha value is -0.160. The fourth-order valence-corrected chi connectivity index (χ4v) is 6.89. The van der Waals surface area contributed by atoms with E-state index in [0.717, 1.165) is 0 Å². The number of hydrogen-bond donors (Lipinski definition) is 1. The molecule has 4 nitrogen and oxygen atoms in total. The zero-order chi connectivity index (χ0) is 12.4. The summed E-state index contributed by atoms with van der Waals surface area (Å²) in [5.41, 5.74) is 0. The van der Waals surface area contributed by atoms with Gasteiger partial charge in [-0.25, -0.2) is 0 Å². The van der Waals surface area contributed by atoms with Gasteiger partial charge in [0.25, 0.3) is 0 Å². The first-order valence-corrected chi connectivity index (χ1v) is 8.24. The average Bonchev–Trinajstić information content (AvgIpc) is 2.34. The predicted molar refractivity (Wildman–Crippen MR) is 87.5 cm³/mol. The highest BCUT2D eigenvalue weighted by molar-refractivity contribution is 5.12. The first kappa shape index (κ1) is 18.9. The maximum Gasteiger partial charge on any atom is -0.0140 e. The van der Waals surface area contributed by atoms with Gasteiger partial charge in [0.05, 0.1) is 0 Å². The topological polar surface area (TPSA) is 101 Å². The fraction of sp³-hybridized carbons (Fsp3) is 1.00. The molecule has 126 valence electrons. The molecule has 0 radical (unpaired) electrons. The van der Waals surface area contributed by atoms with Gasteiger partial charge in [-0.2, -0.15) is 0 Å². The SMILES string of the molecule is C1C2CC3C4CC5CC(C14)C(C2)C3C5.CN(C)C.N.O.O. The highest BCUT2D eigenvalue weighted by Gasteiger charge is 2.63. The van der Waals surface area contributed by atoms with Crippen LogP contribution in [0.4, 0.5) is 0 Å². The van der Waals surface area contributed by atoms with Gasteiger partial charge in [-0.05, 0) is 107 Å². The van der Waals surface area contributed by atoms with Crippen molar-refractivity contribution < 1.29 is 11.0 Å². The fourth-order valence-electron chi connectivity index (χ4n) is 6.89. The Morgan fingerprint density at radius 2 is 0.667 bits per heavy atom. The van der Waals surface area contributed by atoms with Gasteiger partial charge in [0.15, 0.2) is 0 Å². The van der Waals surface area contributed by atoms with Crippen molar-refractivity contribution in [1.29, 1.82) is 0 Å². The van der Waals surface area contributed by atoms with E-state index in [1.807, 2.05) is 26.0 Å².